The number of rotatable bonds is 4. The van der Waals surface area contributed by atoms with E-state index in [1.165, 1.54) is 19.3 Å². The number of likely N-dealkylation sites (tertiary alicyclic amines) is 1. The van der Waals surface area contributed by atoms with Crippen molar-refractivity contribution < 1.29 is 9.53 Å². The summed E-state index contributed by atoms with van der Waals surface area (Å²) < 4.78 is 5.31. The average molecular weight is 247 g/mol. The van der Waals surface area contributed by atoms with Crippen LogP contribution >= 0.6 is 0 Å². The molecule has 0 amide bonds. The van der Waals surface area contributed by atoms with E-state index in [1.807, 2.05) is 25.1 Å². The van der Waals surface area contributed by atoms with Crippen molar-refractivity contribution in [3.05, 3.63) is 35.4 Å². The highest BCUT2D eigenvalue weighted by Crippen LogP contribution is 2.09. The summed E-state index contributed by atoms with van der Waals surface area (Å²) in [7, 11) is 0. The van der Waals surface area contributed by atoms with E-state index in [9.17, 15) is 4.79 Å². The summed E-state index contributed by atoms with van der Waals surface area (Å²) in [4.78, 5) is 14.2. The monoisotopic (exact) mass is 247 g/mol. The molecule has 0 N–H and O–H groups in total. The van der Waals surface area contributed by atoms with Gasteiger partial charge in [-0.1, -0.05) is 24.1 Å². The van der Waals surface area contributed by atoms with Gasteiger partial charge in [-0.2, -0.15) is 0 Å². The number of aryl methyl sites for hydroxylation is 1. The number of esters is 1. The number of benzene rings is 1. The molecule has 2 rings (SSSR count). The SMILES string of the molecule is Cc1cccc(C(=O)OCCN2CCCCC2)c1. The molecule has 3 heteroatoms. The second-order valence-corrected chi connectivity index (χ2v) is 4.91. The molecule has 0 saturated carbocycles. The quantitative estimate of drug-likeness (QED) is 0.766. The summed E-state index contributed by atoms with van der Waals surface area (Å²) in [6, 6.07) is 7.53. The Bertz CT molecular complexity index is 397. The number of carbonyl (C=O) groups excluding carboxylic acids is 1. The zero-order chi connectivity index (χ0) is 12.8. The van der Waals surface area contributed by atoms with Gasteiger partial charge in [0.25, 0.3) is 0 Å². The standard InChI is InChI=1S/C15H21NO2/c1-13-6-5-7-14(12-13)15(17)18-11-10-16-8-3-2-4-9-16/h5-7,12H,2-4,8-11H2,1H3. The smallest absolute Gasteiger partial charge is 0.338 e. The third kappa shape index (κ3) is 3.84. The number of hydrogen-bond donors (Lipinski definition) is 0. The highest BCUT2D eigenvalue weighted by atomic mass is 16.5. The second-order valence-electron chi connectivity index (χ2n) is 4.91. The summed E-state index contributed by atoms with van der Waals surface area (Å²) in [6.45, 7) is 5.61. The number of piperidine rings is 1. The van der Waals surface area contributed by atoms with Gasteiger partial charge >= 0.3 is 5.97 Å². The van der Waals surface area contributed by atoms with Gasteiger partial charge in [0.15, 0.2) is 0 Å². The Morgan fingerprint density at radius 3 is 2.78 bits per heavy atom. The fraction of sp³-hybridized carbons (Fsp3) is 0.533. The first-order valence-electron chi connectivity index (χ1n) is 6.72. The van der Waals surface area contributed by atoms with Crippen molar-refractivity contribution in [2.75, 3.05) is 26.2 Å². The zero-order valence-corrected chi connectivity index (χ0v) is 11.0. The van der Waals surface area contributed by atoms with E-state index in [1.54, 1.807) is 6.07 Å². The van der Waals surface area contributed by atoms with Crippen LogP contribution in [0, 0.1) is 6.92 Å². The Hall–Kier alpha value is -1.35. The van der Waals surface area contributed by atoms with Gasteiger partial charge in [0.1, 0.15) is 6.61 Å². The molecule has 0 aliphatic carbocycles. The molecule has 0 bridgehead atoms. The molecule has 1 aliphatic heterocycles. The van der Waals surface area contributed by atoms with Gasteiger partial charge in [0.05, 0.1) is 5.56 Å². The van der Waals surface area contributed by atoms with Crippen molar-refractivity contribution in [3.8, 4) is 0 Å². The predicted molar refractivity (Wildman–Crippen MR) is 71.8 cm³/mol. The molecule has 1 saturated heterocycles. The van der Waals surface area contributed by atoms with E-state index in [0.29, 0.717) is 12.2 Å². The fourth-order valence-electron chi connectivity index (χ4n) is 2.31. The van der Waals surface area contributed by atoms with Gasteiger partial charge in [-0.25, -0.2) is 4.79 Å². The van der Waals surface area contributed by atoms with Crippen LogP contribution < -0.4 is 0 Å². The lowest BCUT2D eigenvalue weighted by Gasteiger charge is -2.25. The molecule has 0 radical (unpaired) electrons. The summed E-state index contributed by atoms with van der Waals surface area (Å²) in [5.74, 6) is -0.212. The van der Waals surface area contributed by atoms with Crippen LogP contribution in [-0.2, 0) is 4.74 Å². The van der Waals surface area contributed by atoms with Gasteiger partial charge < -0.3 is 4.74 Å². The Balaban J connectivity index is 1.74. The topological polar surface area (TPSA) is 29.5 Å². The Labute approximate surface area is 109 Å². The van der Waals surface area contributed by atoms with Crippen LogP contribution in [-0.4, -0.2) is 37.1 Å². The summed E-state index contributed by atoms with van der Waals surface area (Å²) >= 11 is 0. The first-order valence-corrected chi connectivity index (χ1v) is 6.72. The molecular formula is C15H21NO2. The average Bonchev–Trinajstić information content (AvgIpc) is 2.40. The normalized spacial score (nSPS) is 16.5. The lowest BCUT2D eigenvalue weighted by Crippen LogP contribution is -2.33. The van der Waals surface area contributed by atoms with Crippen molar-refractivity contribution in [1.82, 2.24) is 4.90 Å². The second kappa shape index (κ2) is 6.55. The van der Waals surface area contributed by atoms with Crippen LogP contribution in [0.3, 0.4) is 0 Å². The summed E-state index contributed by atoms with van der Waals surface area (Å²) in [6.07, 6.45) is 3.87. The highest BCUT2D eigenvalue weighted by molar-refractivity contribution is 5.89. The number of carbonyl (C=O) groups is 1. The molecular weight excluding hydrogens is 226 g/mol. The van der Waals surface area contributed by atoms with E-state index < -0.39 is 0 Å². The molecule has 1 heterocycles. The molecule has 1 aromatic carbocycles. The molecule has 0 unspecified atom stereocenters. The minimum absolute atomic E-state index is 0.212. The highest BCUT2D eigenvalue weighted by Gasteiger charge is 2.11. The number of ether oxygens (including phenoxy) is 1. The maximum absolute atomic E-state index is 11.8. The molecule has 1 aliphatic rings. The van der Waals surface area contributed by atoms with E-state index in [2.05, 4.69) is 4.90 Å². The Morgan fingerprint density at radius 1 is 1.28 bits per heavy atom. The van der Waals surface area contributed by atoms with E-state index in [0.717, 1.165) is 25.2 Å². The van der Waals surface area contributed by atoms with Gasteiger partial charge in [-0.15, -0.1) is 0 Å². The van der Waals surface area contributed by atoms with Crippen LogP contribution in [0.4, 0.5) is 0 Å². The number of nitrogens with zero attached hydrogens (tertiary/aromatic N) is 1. The number of hydrogen-bond acceptors (Lipinski definition) is 3. The third-order valence-corrected chi connectivity index (χ3v) is 3.34. The first-order chi connectivity index (χ1) is 8.75. The van der Waals surface area contributed by atoms with Crippen molar-refractivity contribution in [2.45, 2.75) is 26.2 Å². The van der Waals surface area contributed by atoms with Crippen LogP contribution in [0.1, 0.15) is 35.2 Å². The van der Waals surface area contributed by atoms with Gasteiger partial charge in [0.2, 0.25) is 0 Å². The van der Waals surface area contributed by atoms with Gasteiger partial charge in [-0.05, 0) is 45.0 Å². The Morgan fingerprint density at radius 2 is 2.06 bits per heavy atom. The zero-order valence-electron chi connectivity index (χ0n) is 11.0. The van der Waals surface area contributed by atoms with Crippen molar-refractivity contribution in [3.63, 3.8) is 0 Å². The van der Waals surface area contributed by atoms with Crippen LogP contribution in [0.2, 0.25) is 0 Å². The molecule has 0 atom stereocenters. The van der Waals surface area contributed by atoms with Crippen LogP contribution in [0.25, 0.3) is 0 Å². The van der Waals surface area contributed by atoms with Crippen molar-refractivity contribution in [1.29, 1.82) is 0 Å². The summed E-state index contributed by atoms with van der Waals surface area (Å²) in [5, 5.41) is 0. The van der Waals surface area contributed by atoms with Crippen molar-refractivity contribution >= 4 is 5.97 Å². The van der Waals surface area contributed by atoms with E-state index in [4.69, 9.17) is 4.74 Å². The predicted octanol–water partition coefficient (Wildman–Crippen LogP) is 2.64. The molecule has 0 aromatic heterocycles. The summed E-state index contributed by atoms with van der Waals surface area (Å²) in [5.41, 5.74) is 1.73. The van der Waals surface area contributed by atoms with Gasteiger partial charge in [-0.3, -0.25) is 4.90 Å². The molecule has 98 valence electrons. The maximum Gasteiger partial charge on any atom is 0.338 e. The van der Waals surface area contributed by atoms with E-state index >= 15 is 0 Å². The lowest BCUT2D eigenvalue weighted by molar-refractivity contribution is 0.0452. The molecule has 0 spiro atoms. The van der Waals surface area contributed by atoms with Gasteiger partial charge in [0, 0.05) is 6.54 Å². The molecule has 3 nitrogen and oxygen atoms in total. The largest absolute Gasteiger partial charge is 0.461 e. The minimum Gasteiger partial charge on any atom is -0.461 e. The van der Waals surface area contributed by atoms with E-state index in [-0.39, 0.29) is 5.97 Å². The van der Waals surface area contributed by atoms with Crippen molar-refractivity contribution in [2.24, 2.45) is 0 Å². The first kappa shape index (κ1) is 13.1. The van der Waals surface area contributed by atoms with Crippen LogP contribution in [0.5, 0.6) is 0 Å². The third-order valence-electron chi connectivity index (χ3n) is 3.34. The van der Waals surface area contributed by atoms with Crippen LogP contribution in [0.15, 0.2) is 24.3 Å². The lowest BCUT2D eigenvalue weighted by atomic mass is 10.1. The fourth-order valence-corrected chi connectivity index (χ4v) is 2.31. The molecule has 1 aromatic rings. The minimum atomic E-state index is -0.212. The molecule has 18 heavy (non-hydrogen) atoms. The molecule has 1 fully saturated rings. The Kier molecular flexibility index (Phi) is 4.76. The maximum atomic E-state index is 11.8.